The molecule has 0 bridgehead atoms. The molecule has 0 saturated carbocycles. The first kappa shape index (κ1) is 16.6. The molecule has 1 heterocycles. The van der Waals surface area contributed by atoms with Crippen molar-refractivity contribution in [2.45, 2.75) is 27.7 Å². The van der Waals surface area contributed by atoms with Gasteiger partial charge in [-0.2, -0.15) is 0 Å². The van der Waals surface area contributed by atoms with Crippen LogP contribution in [0.5, 0.6) is 23.0 Å². The van der Waals surface area contributed by atoms with E-state index in [4.69, 9.17) is 4.42 Å². The van der Waals surface area contributed by atoms with Crippen LogP contribution in [0.1, 0.15) is 45.7 Å². The highest BCUT2D eigenvalue weighted by Gasteiger charge is 2.30. The average molecular weight is 344 g/mol. The lowest BCUT2D eigenvalue weighted by molar-refractivity contribution is 0.100. The molecule has 0 amide bonds. The van der Waals surface area contributed by atoms with E-state index in [1.54, 1.807) is 0 Å². The molecule has 0 aliphatic heterocycles. The zero-order valence-electron chi connectivity index (χ0n) is 14.0. The number of carbonyl (C=O) groups is 2. The predicted molar refractivity (Wildman–Crippen MR) is 89.9 cm³/mol. The Morgan fingerprint density at radius 1 is 0.680 bits per heavy atom. The molecule has 25 heavy (non-hydrogen) atoms. The molecule has 0 fully saturated rings. The van der Waals surface area contributed by atoms with E-state index < -0.39 is 23.1 Å². The first-order chi connectivity index (χ1) is 11.6. The number of carbonyl (C=O) groups excluding carboxylic acids is 2. The van der Waals surface area contributed by atoms with Crippen molar-refractivity contribution < 1.29 is 34.4 Å². The Kier molecular flexibility index (Phi) is 3.42. The normalized spacial score (nSPS) is 11.4. The van der Waals surface area contributed by atoms with Crippen LogP contribution >= 0.6 is 0 Å². The van der Waals surface area contributed by atoms with Gasteiger partial charge in [0.1, 0.15) is 34.1 Å². The summed E-state index contributed by atoms with van der Waals surface area (Å²) in [6.07, 6.45) is 0. The molecule has 0 saturated heterocycles. The first-order valence-corrected chi connectivity index (χ1v) is 7.46. The fourth-order valence-corrected chi connectivity index (χ4v) is 3.08. The number of phenolic OH excluding ortho intramolecular Hbond substituents is 4. The summed E-state index contributed by atoms with van der Waals surface area (Å²) in [5.74, 6) is -2.69. The summed E-state index contributed by atoms with van der Waals surface area (Å²) < 4.78 is 5.59. The van der Waals surface area contributed by atoms with Crippen LogP contribution in [0.4, 0.5) is 0 Å². The van der Waals surface area contributed by atoms with Gasteiger partial charge < -0.3 is 24.8 Å². The van der Waals surface area contributed by atoms with Crippen LogP contribution in [-0.2, 0) is 0 Å². The summed E-state index contributed by atoms with van der Waals surface area (Å²) >= 11 is 0. The summed E-state index contributed by atoms with van der Waals surface area (Å²) in [7, 11) is 0. The second kappa shape index (κ2) is 5.14. The summed E-state index contributed by atoms with van der Waals surface area (Å²) in [6, 6.07) is 0. The lowest BCUT2D eigenvalue weighted by Gasteiger charge is -2.09. The molecule has 2 aromatic carbocycles. The van der Waals surface area contributed by atoms with Gasteiger partial charge in [-0.1, -0.05) is 0 Å². The second-order valence-corrected chi connectivity index (χ2v) is 6.02. The summed E-state index contributed by atoms with van der Waals surface area (Å²) in [4.78, 5) is 24.0. The van der Waals surface area contributed by atoms with Crippen LogP contribution < -0.4 is 0 Å². The van der Waals surface area contributed by atoms with Crippen molar-refractivity contribution in [2.75, 3.05) is 0 Å². The number of hydrogen-bond acceptors (Lipinski definition) is 7. The van der Waals surface area contributed by atoms with E-state index in [1.807, 2.05) is 0 Å². The SMILES string of the molecule is CC(=O)c1c(O)c(C)c(O)c2c1oc1c(C(C)=O)c(O)c(C)c(O)c12. The van der Waals surface area contributed by atoms with E-state index >= 15 is 0 Å². The molecule has 0 aliphatic carbocycles. The smallest absolute Gasteiger partial charge is 0.167 e. The van der Waals surface area contributed by atoms with Crippen molar-refractivity contribution in [3.8, 4) is 23.0 Å². The van der Waals surface area contributed by atoms with Crippen molar-refractivity contribution in [1.82, 2.24) is 0 Å². The van der Waals surface area contributed by atoms with Crippen LogP contribution in [0.25, 0.3) is 21.9 Å². The molecule has 7 nitrogen and oxygen atoms in total. The number of benzene rings is 2. The molecule has 0 spiro atoms. The van der Waals surface area contributed by atoms with Crippen LogP contribution in [0.2, 0.25) is 0 Å². The maximum Gasteiger partial charge on any atom is 0.167 e. The van der Waals surface area contributed by atoms with E-state index in [9.17, 15) is 30.0 Å². The predicted octanol–water partition coefficient (Wildman–Crippen LogP) is 3.43. The molecule has 0 aliphatic rings. The Morgan fingerprint density at radius 3 is 1.28 bits per heavy atom. The largest absolute Gasteiger partial charge is 0.507 e. The van der Waals surface area contributed by atoms with Gasteiger partial charge in [-0.3, -0.25) is 9.59 Å². The van der Waals surface area contributed by atoms with Crippen molar-refractivity contribution in [1.29, 1.82) is 0 Å². The van der Waals surface area contributed by atoms with Crippen LogP contribution in [-0.4, -0.2) is 32.0 Å². The van der Waals surface area contributed by atoms with Crippen LogP contribution in [0, 0.1) is 13.8 Å². The van der Waals surface area contributed by atoms with Gasteiger partial charge in [0.2, 0.25) is 0 Å². The highest BCUT2D eigenvalue weighted by molar-refractivity contribution is 6.23. The lowest BCUT2D eigenvalue weighted by atomic mass is 9.96. The van der Waals surface area contributed by atoms with Gasteiger partial charge in [0, 0.05) is 11.1 Å². The standard InChI is InChI=1S/C18H16O7/c1-5-13(21)9(7(3)19)17-11(15(5)23)12-16(24)6(2)14(22)10(8(4)20)18(12)25-17/h21-24H,1-4H3. The number of aromatic hydroxyl groups is 4. The van der Waals surface area contributed by atoms with E-state index in [-0.39, 0.29) is 55.7 Å². The third-order valence-electron chi connectivity index (χ3n) is 4.43. The molecule has 7 heteroatoms. The molecule has 0 atom stereocenters. The number of phenols is 4. The van der Waals surface area contributed by atoms with Crippen LogP contribution in [0.15, 0.2) is 4.42 Å². The summed E-state index contributed by atoms with van der Waals surface area (Å²) in [5, 5.41) is 41.3. The maximum atomic E-state index is 12.0. The number of ketones is 2. The zero-order valence-corrected chi connectivity index (χ0v) is 14.0. The minimum Gasteiger partial charge on any atom is -0.507 e. The Labute approximate surface area is 141 Å². The molecule has 4 N–H and O–H groups in total. The van der Waals surface area contributed by atoms with Gasteiger partial charge in [-0.25, -0.2) is 0 Å². The fourth-order valence-electron chi connectivity index (χ4n) is 3.08. The topological polar surface area (TPSA) is 128 Å². The van der Waals surface area contributed by atoms with E-state index in [0.717, 1.165) is 0 Å². The molecule has 3 rings (SSSR count). The lowest BCUT2D eigenvalue weighted by Crippen LogP contribution is -1.96. The Morgan fingerprint density at radius 2 is 1.00 bits per heavy atom. The van der Waals surface area contributed by atoms with Crippen molar-refractivity contribution in [3.63, 3.8) is 0 Å². The summed E-state index contributed by atoms with van der Waals surface area (Å²) in [6.45, 7) is 5.25. The number of fused-ring (bicyclic) bond motifs is 3. The molecular weight excluding hydrogens is 328 g/mol. The highest BCUT2D eigenvalue weighted by Crippen LogP contribution is 2.50. The fraction of sp³-hybridized carbons (Fsp3) is 0.222. The first-order valence-electron chi connectivity index (χ1n) is 7.46. The van der Waals surface area contributed by atoms with Crippen molar-refractivity contribution in [2.24, 2.45) is 0 Å². The quantitative estimate of drug-likeness (QED) is 0.524. The highest BCUT2D eigenvalue weighted by atomic mass is 16.3. The van der Waals surface area contributed by atoms with Gasteiger partial charge in [0.05, 0.1) is 10.8 Å². The third kappa shape index (κ3) is 1.98. The van der Waals surface area contributed by atoms with E-state index in [2.05, 4.69) is 0 Å². The molecule has 0 radical (unpaired) electrons. The molecule has 1 aromatic heterocycles. The van der Waals surface area contributed by atoms with Gasteiger partial charge >= 0.3 is 0 Å². The summed E-state index contributed by atoms with van der Waals surface area (Å²) in [5.41, 5.74) is -0.596. The Bertz CT molecular complexity index is 1020. The van der Waals surface area contributed by atoms with Gasteiger partial charge in [0.15, 0.2) is 22.7 Å². The Balaban J connectivity index is 2.77. The maximum absolute atomic E-state index is 12.0. The average Bonchev–Trinajstić information content (AvgIpc) is 2.89. The monoisotopic (exact) mass is 344 g/mol. The molecular formula is C18H16O7. The Hall–Kier alpha value is -3.22. The van der Waals surface area contributed by atoms with Crippen molar-refractivity contribution in [3.05, 3.63) is 22.3 Å². The van der Waals surface area contributed by atoms with Gasteiger partial charge in [0.25, 0.3) is 0 Å². The molecule has 3 aromatic rings. The molecule has 0 unspecified atom stereocenters. The molecule has 130 valence electrons. The van der Waals surface area contributed by atoms with E-state index in [0.29, 0.717) is 0 Å². The minimum absolute atomic E-state index is 0.00130. The number of Topliss-reactive ketones (excluding diaryl/α,β-unsaturated/α-hetero) is 2. The van der Waals surface area contributed by atoms with Crippen molar-refractivity contribution >= 4 is 33.5 Å². The van der Waals surface area contributed by atoms with Gasteiger partial charge in [-0.15, -0.1) is 0 Å². The van der Waals surface area contributed by atoms with E-state index in [1.165, 1.54) is 27.7 Å². The number of furan rings is 1. The minimum atomic E-state index is -0.519. The van der Waals surface area contributed by atoms with Gasteiger partial charge in [-0.05, 0) is 27.7 Å². The zero-order chi connectivity index (χ0) is 18.8. The number of rotatable bonds is 2. The third-order valence-corrected chi connectivity index (χ3v) is 4.43. The number of hydrogen-bond donors (Lipinski definition) is 4. The second-order valence-electron chi connectivity index (χ2n) is 6.02. The van der Waals surface area contributed by atoms with Crippen LogP contribution in [0.3, 0.4) is 0 Å².